The predicted octanol–water partition coefficient (Wildman–Crippen LogP) is 1.91. The van der Waals surface area contributed by atoms with Crippen molar-refractivity contribution in [2.45, 2.75) is 32.2 Å². The Morgan fingerprint density at radius 1 is 1.60 bits per heavy atom. The van der Waals surface area contributed by atoms with E-state index in [2.05, 4.69) is 11.4 Å². The van der Waals surface area contributed by atoms with E-state index in [1.165, 1.54) is 0 Å². The van der Waals surface area contributed by atoms with Gasteiger partial charge in [-0.2, -0.15) is 5.26 Å². The average molecular weight is 275 g/mol. The Balaban J connectivity index is 1.84. The molecule has 1 saturated heterocycles. The summed E-state index contributed by atoms with van der Waals surface area (Å²) >= 11 is 0. The van der Waals surface area contributed by atoms with Crippen LogP contribution in [0.2, 0.25) is 0 Å². The topological polar surface area (TPSA) is 69.3 Å². The summed E-state index contributed by atoms with van der Waals surface area (Å²) in [7, 11) is 0. The number of nitrogens with zero attached hydrogens (tertiary/aromatic N) is 2. The number of nitrogens with one attached hydrogen (secondary N) is 1. The normalized spacial score (nSPS) is 17.9. The standard InChI is InChI=1S/C15H21N3O2/c16-7-2-9-18(12-14-3-1-10-20-14)15(19)5-4-13-6-8-17-11-13/h1,3,10,13,17H,2,4-6,8-9,11-12H2. The van der Waals surface area contributed by atoms with E-state index in [4.69, 9.17) is 9.68 Å². The van der Waals surface area contributed by atoms with E-state index >= 15 is 0 Å². The first-order chi connectivity index (χ1) is 9.79. The maximum Gasteiger partial charge on any atom is 0.223 e. The van der Waals surface area contributed by atoms with Gasteiger partial charge in [-0.1, -0.05) is 0 Å². The molecule has 108 valence electrons. The molecule has 0 spiro atoms. The monoisotopic (exact) mass is 275 g/mol. The fourth-order valence-corrected chi connectivity index (χ4v) is 2.51. The molecule has 5 nitrogen and oxygen atoms in total. The van der Waals surface area contributed by atoms with E-state index < -0.39 is 0 Å². The van der Waals surface area contributed by atoms with Crippen LogP contribution in [-0.2, 0) is 11.3 Å². The molecule has 0 saturated carbocycles. The fourth-order valence-electron chi connectivity index (χ4n) is 2.51. The van der Waals surface area contributed by atoms with E-state index in [0.29, 0.717) is 31.8 Å². The van der Waals surface area contributed by atoms with Gasteiger partial charge in [0.2, 0.25) is 5.91 Å². The number of hydrogen-bond donors (Lipinski definition) is 1. The molecule has 0 radical (unpaired) electrons. The molecule has 2 rings (SSSR count). The number of hydrogen-bond acceptors (Lipinski definition) is 4. The van der Waals surface area contributed by atoms with Crippen molar-refractivity contribution in [1.29, 1.82) is 5.26 Å². The van der Waals surface area contributed by atoms with Crippen LogP contribution < -0.4 is 5.32 Å². The largest absolute Gasteiger partial charge is 0.467 e. The number of rotatable bonds is 7. The maximum absolute atomic E-state index is 12.3. The second-order valence-corrected chi connectivity index (χ2v) is 5.20. The van der Waals surface area contributed by atoms with Crippen LogP contribution in [0.5, 0.6) is 0 Å². The summed E-state index contributed by atoms with van der Waals surface area (Å²) in [6.07, 6.45) is 4.60. The van der Waals surface area contributed by atoms with Gasteiger partial charge in [-0.05, 0) is 44.0 Å². The summed E-state index contributed by atoms with van der Waals surface area (Å²) in [4.78, 5) is 14.0. The molecule has 1 aliphatic heterocycles. The summed E-state index contributed by atoms with van der Waals surface area (Å²) in [6, 6.07) is 5.76. The Hall–Kier alpha value is -1.80. The van der Waals surface area contributed by atoms with Crippen molar-refractivity contribution < 1.29 is 9.21 Å². The average Bonchev–Trinajstić information content (AvgIpc) is 3.13. The third kappa shape index (κ3) is 4.39. The minimum absolute atomic E-state index is 0.114. The van der Waals surface area contributed by atoms with Gasteiger partial charge in [-0.25, -0.2) is 0 Å². The number of furan rings is 1. The fraction of sp³-hybridized carbons (Fsp3) is 0.600. The van der Waals surface area contributed by atoms with Crippen LogP contribution in [0.4, 0.5) is 0 Å². The van der Waals surface area contributed by atoms with Crippen molar-refractivity contribution in [3.05, 3.63) is 24.2 Å². The zero-order chi connectivity index (χ0) is 14.2. The van der Waals surface area contributed by atoms with Crippen molar-refractivity contribution in [3.63, 3.8) is 0 Å². The van der Waals surface area contributed by atoms with Gasteiger partial charge in [0, 0.05) is 13.0 Å². The summed E-state index contributed by atoms with van der Waals surface area (Å²) in [5, 5.41) is 12.0. The lowest BCUT2D eigenvalue weighted by molar-refractivity contribution is -0.132. The molecule has 1 atom stereocenters. The van der Waals surface area contributed by atoms with Crippen molar-refractivity contribution in [2.75, 3.05) is 19.6 Å². The van der Waals surface area contributed by atoms with Crippen molar-refractivity contribution in [3.8, 4) is 6.07 Å². The van der Waals surface area contributed by atoms with Gasteiger partial charge in [0.25, 0.3) is 0 Å². The van der Waals surface area contributed by atoms with Gasteiger partial charge in [-0.3, -0.25) is 4.79 Å². The van der Waals surface area contributed by atoms with Crippen LogP contribution in [0.25, 0.3) is 0 Å². The molecule has 1 aromatic rings. The molecule has 0 aliphatic carbocycles. The van der Waals surface area contributed by atoms with E-state index in [1.807, 2.05) is 12.1 Å². The summed E-state index contributed by atoms with van der Waals surface area (Å²) in [5.41, 5.74) is 0. The van der Waals surface area contributed by atoms with Gasteiger partial charge in [0.05, 0.1) is 25.3 Å². The molecule has 0 aromatic carbocycles. The third-order valence-electron chi connectivity index (χ3n) is 3.70. The molecule has 20 heavy (non-hydrogen) atoms. The molecule has 0 bridgehead atoms. The predicted molar refractivity (Wildman–Crippen MR) is 74.6 cm³/mol. The second-order valence-electron chi connectivity index (χ2n) is 5.20. The highest BCUT2D eigenvalue weighted by molar-refractivity contribution is 5.76. The van der Waals surface area contributed by atoms with Crippen LogP contribution in [0.3, 0.4) is 0 Å². The molecule has 5 heteroatoms. The van der Waals surface area contributed by atoms with Gasteiger partial charge >= 0.3 is 0 Å². The Labute approximate surface area is 119 Å². The SMILES string of the molecule is N#CCCN(Cc1ccco1)C(=O)CCC1CCNC1. The Morgan fingerprint density at radius 2 is 2.50 bits per heavy atom. The Kier molecular flexibility index (Phi) is 5.63. The number of carbonyl (C=O) groups is 1. The zero-order valence-electron chi connectivity index (χ0n) is 11.7. The van der Waals surface area contributed by atoms with Crippen molar-refractivity contribution >= 4 is 5.91 Å². The molecule has 1 unspecified atom stereocenters. The first kappa shape index (κ1) is 14.6. The number of nitriles is 1. The summed E-state index contributed by atoms with van der Waals surface area (Å²) in [5.74, 6) is 1.49. The zero-order valence-corrected chi connectivity index (χ0v) is 11.7. The molecule has 1 amide bonds. The van der Waals surface area contributed by atoms with Gasteiger partial charge in [-0.15, -0.1) is 0 Å². The number of carbonyl (C=O) groups excluding carboxylic acids is 1. The highest BCUT2D eigenvalue weighted by atomic mass is 16.3. The van der Waals surface area contributed by atoms with Crippen LogP contribution in [0.15, 0.2) is 22.8 Å². The minimum Gasteiger partial charge on any atom is -0.467 e. The van der Waals surface area contributed by atoms with E-state index in [0.717, 1.165) is 31.7 Å². The molecular formula is C15H21N3O2. The Morgan fingerprint density at radius 3 is 3.15 bits per heavy atom. The van der Waals surface area contributed by atoms with Crippen molar-refractivity contribution in [2.24, 2.45) is 5.92 Å². The van der Waals surface area contributed by atoms with Crippen LogP contribution >= 0.6 is 0 Å². The van der Waals surface area contributed by atoms with Gasteiger partial charge < -0.3 is 14.6 Å². The highest BCUT2D eigenvalue weighted by Crippen LogP contribution is 2.16. The van der Waals surface area contributed by atoms with E-state index in [-0.39, 0.29) is 5.91 Å². The number of amides is 1. The van der Waals surface area contributed by atoms with E-state index in [1.54, 1.807) is 11.2 Å². The smallest absolute Gasteiger partial charge is 0.223 e. The highest BCUT2D eigenvalue weighted by Gasteiger charge is 2.19. The Bertz CT molecular complexity index is 444. The van der Waals surface area contributed by atoms with Gasteiger partial charge in [0.1, 0.15) is 5.76 Å². The molecule has 1 N–H and O–H groups in total. The molecule has 1 aromatic heterocycles. The lowest BCUT2D eigenvalue weighted by Gasteiger charge is -2.21. The lowest BCUT2D eigenvalue weighted by Crippen LogP contribution is -2.31. The second kappa shape index (κ2) is 7.71. The first-order valence-electron chi connectivity index (χ1n) is 7.17. The van der Waals surface area contributed by atoms with Crippen LogP contribution in [0.1, 0.15) is 31.4 Å². The lowest BCUT2D eigenvalue weighted by atomic mass is 10.0. The van der Waals surface area contributed by atoms with Gasteiger partial charge in [0.15, 0.2) is 0 Å². The third-order valence-corrected chi connectivity index (χ3v) is 3.70. The minimum atomic E-state index is 0.114. The molecule has 2 heterocycles. The molecule has 1 aliphatic rings. The van der Waals surface area contributed by atoms with Crippen molar-refractivity contribution in [1.82, 2.24) is 10.2 Å². The molecular weight excluding hydrogens is 254 g/mol. The first-order valence-corrected chi connectivity index (χ1v) is 7.17. The van der Waals surface area contributed by atoms with E-state index in [9.17, 15) is 4.79 Å². The maximum atomic E-state index is 12.3. The molecule has 1 fully saturated rings. The quantitative estimate of drug-likeness (QED) is 0.825. The summed E-state index contributed by atoms with van der Waals surface area (Å²) < 4.78 is 5.29. The summed E-state index contributed by atoms with van der Waals surface area (Å²) in [6.45, 7) is 3.00. The van der Waals surface area contributed by atoms with Crippen LogP contribution in [-0.4, -0.2) is 30.4 Å². The van der Waals surface area contributed by atoms with Crippen LogP contribution in [0, 0.1) is 17.2 Å².